The molecule has 0 aliphatic rings. The van der Waals surface area contributed by atoms with Gasteiger partial charge in [0.05, 0.1) is 15.7 Å². The lowest BCUT2D eigenvalue weighted by Gasteiger charge is -2.11. The Kier molecular flexibility index (Phi) is 4.58. The summed E-state index contributed by atoms with van der Waals surface area (Å²) in [6.07, 6.45) is -4.56. The van der Waals surface area contributed by atoms with Crippen LogP contribution in [-0.2, 0) is 6.18 Å². The van der Waals surface area contributed by atoms with Crippen molar-refractivity contribution in [3.63, 3.8) is 0 Å². The third kappa shape index (κ3) is 3.77. The zero-order valence-electron chi connectivity index (χ0n) is 10.8. The molecule has 2 rings (SSSR count). The Bertz CT molecular complexity index is 660. The molecule has 0 saturated carbocycles. The first kappa shape index (κ1) is 15.9. The second-order valence-electron chi connectivity index (χ2n) is 4.12. The Balaban J connectivity index is 2.56. The van der Waals surface area contributed by atoms with E-state index in [2.05, 4.69) is 15.3 Å². The van der Waals surface area contributed by atoms with Crippen LogP contribution in [0.25, 0.3) is 11.3 Å². The van der Waals surface area contributed by atoms with Gasteiger partial charge >= 0.3 is 6.18 Å². The van der Waals surface area contributed by atoms with E-state index < -0.39 is 11.9 Å². The molecule has 1 N–H and O–H groups in total. The highest BCUT2D eigenvalue weighted by Gasteiger charge is 2.33. The third-order valence-electron chi connectivity index (χ3n) is 2.57. The molecule has 8 heteroatoms. The molecule has 0 aliphatic carbocycles. The van der Waals surface area contributed by atoms with Gasteiger partial charge in [0.15, 0.2) is 5.69 Å². The summed E-state index contributed by atoms with van der Waals surface area (Å²) in [4.78, 5) is 7.51. The van der Waals surface area contributed by atoms with Crippen molar-refractivity contribution in [3.8, 4) is 11.3 Å². The monoisotopic (exact) mass is 335 g/mol. The molecule has 0 saturated heterocycles. The first-order valence-electron chi connectivity index (χ1n) is 5.97. The van der Waals surface area contributed by atoms with Crippen LogP contribution in [0.3, 0.4) is 0 Å². The Morgan fingerprint density at radius 1 is 1.10 bits per heavy atom. The second-order valence-corrected chi connectivity index (χ2v) is 4.93. The first-order valence-corrected chi connectivity index (χ1v) is 6.72. The van der Waals surface area contributed by atoms with Crippen molar-refractivity contribution >= 4 is 29.2 Å². The fourth-order valence-electron chi connectivity index (χ4n) is 1.63. The van der Waals surface area contributed by atoms with E-state index in [0.717, 1.165) is 6.07 Å². The summed E-state index contributed by atoms with van der Waals surface area (Å²) in [6.45, 7) is 2.14. The predicted molar refractivity (Wildman–Crippen MR) is 76.7 cm³/mol. The zero-order chi connectivity index (χ0) is 15.6. The Labute approximate surface area is 129 Å². The van der Waals surface area contributed by atoms with Crippen LogP contribution >= 0.6 is 23.2 Å². The number of nitrogens with one attached hydrogen (secondary N) is 1. The number of hydrogen-bond acceptors (Lipinski definition) is 3. The van der Waals surface area contributed by atoms with Gasteiger partial charge in [-0.05, 0) is 25.1 Å². The summed E-state index contributed by atoms with van der Waals surface area (Å²) in [5, 5.41) is 3.23. The predicted octanol–water partition coefficient (Wildman–Crippen LogP) is 4.90. The average molecular weight is 336 g/mol. The van der Waals surface area contributed by atoms with E-state index in [1.165, 1.54) is 12.1 Å². The molecule has 0 atom stereocenters. The molecule has 0 bridgehead atoms. The van der Waals surface area contributed by atoms with Crippen LogP contribution in [0.2, 0.25) is 10.0 Å². The van der Waals surface area contributed by atoms with Crippen LogP contribution in [0.15, 0.2) is 24.3 Å². The lowest BCUT2D eigenvalue weighted by atomic mass is 10.1. The van der Waals surface area contributed by atoms with Gasteiger partial charge in [-0.2, -0.15) is 13.2 Å². The quantitative estimate of drug-likeness (QED) is 0.866. The van der Waals surface area contributed by atoms with Crippen molar-refractivity contribution in [2.24, 2.45) is 0 Å². The highest BCUT2D eigenvalue weighted by atomic mass is 35.5. The lowest BCUT2D eigenvalue weighted by Crippen LogP contribution is -2.12. The molecule has 1 heterocycles. The van der Waals surface area contributed by atoms with Gasteiger partial charge in [0.2, 0.25) is 5.95 Å². The summed E-state index contributed by atoms with van der Waals surface area (Å²) >= 11 is 11.7. The van der Waals surface area contributed by atoms with Crippen LogP contribution in [0, 0.1) is 0 Å². The zero-order valence-corrected chi connectivity index (χ0v) is 12.3. The maximum Gasteiger partial charge on any atom is 0.433 e. The van der Waals surface area contributed by atoms with Crippen LogP contribution < -0.4 is 5.32 Å². The van der Waals surface area contributed by atoms with Gasteiger partial charge < -0.3 is 5.32 Å². The number of aromatic nitrogens is 2. The lowest BCUT2D eigenvalue weighted by molar-refractivity contribution is -0.141. The van der Waals surface area contributed by atoms with Gasteiger partial charge in [-0.25, -0.2) is 9.97 Å². The van der Waals surface area contributed by atoms with Gasteiger partial charge in [0.1, 0.15) is 0 Å². The summed E-state index contributed by atoms with van der Waals surface area (Å²) in [5.74, 6) is -0.0894. The first-order chi connectivity index (χ1) is 9.81. The SMILES string of the molecule is CCNc1nc(-c2ccc(Cl)c(Cl)c2)cc(C(F)(F)F)n1. The number of anilines is 1. The van der Waals surface area contributed by atoms with Crippen molar-refractivity contribution in [1.29, 1.82) is 0 Å². The molecule has 0 unspecified atom stereocenters. The Hall–Kier alpha value is -1.53. The maximum absolute atomic E-state index is 12.9. The maximum atomic E-state index is 12.9. The number of alkyl halides is 3. The molecule has 2 aromatic rings. The summed E-state index contributed by atoms with van der Waals surface area (Å²) < 4.78 is 38.6. The number of benzene rings is 1. The Morgan fingerprint density at radius 2 is 1.81 bits per heavy atom. The van der Waals surface area contributed by atoms with Crippen molar-refractivity contribution in [1.82, 2.24) is 9.97 Å². The number of hydrogen-bond donors (Lipinski definition) is 1. The van der Waals surface area contributed by atoms with Crippen LogP contribution in [0.5, 0.6) is 0 Å². The normalized spacial score (nSPS) is 11.5. The highest BCUT2D eigenvalue weighted by molar-refractivity contribution is 6.42. The van der Waals surface area contributed by atoms with Gasteiger partial charge in [-0.15, -0.1) is 0 Å². The molecule has 0 fully saturated rings. The van der Waals surface area contributed by atoms with Gasteiger partial charge in [-0.1, -0.05) is 29.3 Å². The minimum atomic E-state index is -4.56. The van der Waals surface area contributed by atoms with Crippen LogP contribution in [-0.4, -0.2) is 16.5 Å². The van der Waals surface area contributed by atoms with Crippen LogP contribution in [0.4, 0.5) is 19.1 Å². The van der Waals surface area contributed by atoms with E-state index in [1.807, 2.05) is 0 Å². The molecule has 0 amide bonds. The van der Waals surface area contributed by atoms with Crippen molar-refractivity contribution in [2.45, 2.75) is 13.1 Å². The summed E-state index contributed by atoms with van der Waals surface area (Å²) in [7, 11) is 0. The minimum absolute atomic E-state index is 0.0894. The summed E-state index contributed by atoms with van der Waals surface area (Å²) in [6, 6.07) is 5.39. The second kappa shape index (κ2) is 6.07. The van der Waals surface area contributed by atoms with Crippen LogP contribution in [0.1, 0.15) is 12.6 Å². The molecular weight excluding hydrogens is 326 g/mol. The van der Waals surface area contributed by atoms with E-state index in [0.29, 0.717) is 17.1 Å². The van der Waals surface area contributed by atoms with E-state index >= 15 is 0 Å². The van der Waals surface area contributed by atoms with Gasteiger partial charge in [0, 0.05) is 12.1 Å². The topological polar surface area (TPSA) is 37.8 Å². The summed E-state index contributed by atoms with van der Waals surface area (Å²) in [5.41, 5.74) is -0.474. The molecule has 112 valence electrons. The van der Waals surface area contributed by atoms with Crippen molar-refractivity contribution in [3.05, 3.63) is 40.0 Å². The van der Waals surface area contributed by atoms with E-state index in [1.54, 1.807) is 13.0 Å². The fourth-order valence-corrected chi connectivity index (χ4v) is 1.93. The molecule has 0 aliphatic heterocycles. The van der Waals surface area contributed by atoms with E-state index in [-0.39, 0.29) is 16.7 Å². The third-order valence-corrected chi connectivity index (χ3v) is 3.31. The van der Waals surface area contributed by atoms with E-state index in [4.69, 9.17) is 23.2 Å². The van der Waals surface area contributed by atoms with E-state index in [9.17, 15) is 13.2 Å². The average Bonchev–Trinajstić information content (AvgIpc) is 2.41. The smallest absolute Gasteiger partial charge is 0.354 e. The highest BCUT2D eigenvalue weighted by Crippen LogP contribution is 2.33. The largest absolute Gasteiger partial charge is 0.433 e. The Morgan fingerprint density at radius 3 is 2.38 bits per heavy atom. The fraction of sp³-hybridized carbons (Fsp3) is 0.231. The van der Waals surface area contributed by atoms with Gasteiger partial charge in [-0.3, -0.25) is 0 Å². The molecule has 1 aromatic heterocycles. The number of rotatable bonds is 3. The number of nitrogens with zero attached hydrogens (tertiary/aromatic N) is 2. The molecule has 3 nitrogen and oxygen atoms in total. The number of halogens is 5. The standard InChI is InChI=1S/C13H10Cl2F3N3/c1-2-19-12-20-10(6-11(21-12)13(16,17)18)7-3-4-8(14)9(15)5-7/h3-6H,2H2,1H3,(H,19,20,21). The van der Waals surface area contributed by atoms with Crippen molar-refractivity contribution < 1.29 is 13.2 Å². The molecule has 0 radical (unpaired) electrons. The minimum Gasteiger partial charge on any atom is -0.354 e. The van der Waals surface area contributed by atoms with Gasteiger partial charge in [0.25, 0.3) is 0 Å². The molecule has 0 spiro atoms. The molecular formula is C13H10Cl2F3N3. The van der Waals surface area contributed by atoms with Crippen molar-refractivity contribution in [2.75, 3.05) is 11.9 Å². The molecule has 21 heavy (non-hydrogen) atoms. The molecule has 1 aromatic carbocycles.